The van der Waals surface area contributed by atoms with Crippen molar-refractivity contribution in [2.24, 2.45) is 5.84 Å². The van der Waals surface area contributed by atoms with E-state index in [0.717, 1.165) is 27.8 Å². The molecule has 2 aromatic carbocycles. The Morgan fingerprint density at radius 1 is 1.20 bits per heavy atom. The minimum absolute atomic E-state index is 0.0544. The number of halogens is 1. The number of rotatable bonds is 5. The van der Waals surface area contributed by atoms with E-state index in [2.05, 4.69) is 46.5 Å². The Bertz CT molecular complexity index is 569. The standard InChI is InChI=1S/C16H19BrN2O/c1-11-3-8-16(20-2)13(9-11)10-15(19-18)12-4-6-14(17)7-5-12/h3-9,15,19H,10,18H2,1-2H3. The van der Waals surface area contributed by atoms with Crippen LogP contribution < -0.4 is 16.0 Å². The van der Waals surface area contributed by atoms with Crippen molar-refractivity contribution >= 4 is 15.9 Å². The van der Waals surface area contributed by atoms with Gasteiger partial charge < -0.3 is 4.74 Å². The summed E-state index contributed by atoms with van der Waals surface area (Å²) in [7, 11) is 1.69. The summed E-state index contributed by atoms with van der Waals surface area (Å²) >= 11 is 3.44. The Balaban J connectivity index is 2.26. The second kappa shape index (κ2) is 6.88. The molecular formula is C16H19BrN2O. The topological polar surface area (TPSA) is 47.3 Å². The first-order valence-corrected chi connectivity index (χ1v) is 7.28. The van der Waals surface area contributed by atoms with Crippen molar-refractivity contribution in [3.8, 4) is 5.75 Å². The number of methoxy groups -OCH3 is 1. The van der Waals surface area contributed by atoms with Crippen LogP contribution in [0.2, 0.25) is 0 Å². The first-order valence-electron chi connectivity index (χ1n) is 6.49. The molecule has 0 aromatic heterocycles. The summed E-state index contributed by atoms with van der Waals surface area (Å²) in [4.78, 5) is 0. The van der Waals surface area contributed by atoms with Crippen molar-refractivity contribution in [2.75, 3.05) is 7.11 Å². The molecule has 0 saturated heterocycles. The van der Waals surface area contributed by atoms with Crippen LogP contribution in [-0.4, -0.2) is 7.11 Å². The first-order chi connectivity index (χ1) is 9.63. The van der Waals surface area contributed by atoms with E-state index in [1.165, 1.54) is 5.56 Å². The summed E-state index contributed by atoms with van der Waals surface area (Å²) in [5.74, 6) is 6.61. The molecule has 0 heterocycles. The molecule has 0 spiro atoms. The summed E-state index contributed by atoms with van der Waals surface area (Å²) in [6, 6.07) is 14.4. The maximum Gasteiger partial charge on any atom is 0.122 e. The van der Waals surface area contributed by atoms with E-state index in [1.807, 2.05) is 24.3 Å². The highest BCUT2D eigenvalue weighted by Gasteiger charge is 2.13. The quantitative estimate of drug-likeness (QED) is 0.649. The van der Waals surface area contributed by atoms with Crippen molar-refractivity contribution in [1.82, 2.24) is 5.43 Å². The number of ether oxygens (including phenoxy) is 1. The van der Waals surface area contributed by atoms with Gasteiger partial charge in [-0.25, -0.2) is 0 Å². The Labute approximate surface area is 128 Å². The summed E-state index contributed by atoms with van der Waals surface area (Å²) in [6.45, 7) is 2.08. The molecule has 2 rings (SSSR count). The van der Waals surface area contributed by atoms with Crippen LogP contribution in [0.5, 0.6) is 5.75 Å². The lowest BCUT2D eigenvalue weighted by Crippen LogP contribution is -2.29. The Morgan fingerprint density at radius 2 is 1.90 bits per heavy atom. The van der Waals surface area contributed by atoms with E-state index in [0.29, 0.717) is 0 Å². The molecule has 3 nitrogen and oxygen atoms in total. The number of hydrogen-bond donors (Lipinski definition) is 2. The monoisotopic (exact) mass is 334 g/mol. The van der Waals surface area contributed by atoms with Crippen LogP contribution in [-0.2, 0) is 6.42 Å². The lowest BCUT2D eigenvalue weighted by atomic mass is 9.97. The van der Waals surface area contributed by atoms with E-state index in [4.69, 9.17) is 10.6 Å². The first kappa shape index (κ1) is 15.0. The third-order valence-electron chi connectivity index (χ3n) is 3.33. The molecule has 0 fully saturated rings. The maximum absolute atomic E-state index is 5.72. The number of hydrazine groups is 1. The second-order valence-corrected chi connectivity index (χ2v) is 5.71. The third kappa shape index (κ3) is 3.60. The van der Waals surface area contributed by atoms with Gasteiger partial charge in [0.1, 0.15) is 5.75 Å². The molecular weight excluding hydrogens is 316 g/mol. The normalized spacial score (nSPS) is 12.2. The van der Waals surface area contributed by atoms with Crippen molar-refractivity contribution in [3.05, 3.63) is 63.6 Å². The largest absolute Gasteiger partial charge is 0.496 e. The van der Waals surface area contributed by atoms with Gasteiger partial charge in [-0.1, -0.05) is 45.8 Å². The Kier molecular flexibility index (Phi) is 5.17. The summed E-state index contributed by atoms with van der Waals surface area (Å²) in [6.07, 6.45) is 0.781. The molecule has 0 aliphatic rings. The van der Waals surface area contributed by atoms with Gasteiger partial charge in [0.15, 0.2) is 0 Å². The zero-order chi connectivity index (χ0) is 14.5. The molecule has 20 heavy (non-hydrogen) atoms. The molecule has 4 heteroatoms. The summed E-state index contributed by atoms with van der Waals surface area (Å²) in [5.41, 5.74) is 6.40. The van der Waals surface area contributed by atoms with Crippen LogP contribution in [0.3, 0.4) is 0 Å². The van der Waals surface area contributed by atoms with Gasteiger partial charge in [0, 0.05) is 4.47 Å². The molecule has 3 N–H and O–H groups in total. The van der Waals surface area contributed by atoms with E-state index < -0.39 is 0 Å². The molecule has 0 aliphatic carbocycles. The van der Waals surface area contributed by atoms with E-state index in [1.54, 1.807) is 7.11 Å². The Hall–Kier alpha value is -1.36. The van der Waals surface area contributed by atoms with Crippen molar-refractivity contribution in [3.63, 3.8) is 0 Å². The molecule has 0 amide bonds. The van der Waals surface area contributed by atoms with Gasteiger partial charge in [-0.2, -0.15) is 0 Å². The molecule has 0 saturated carbocycles. The van der Waals surface area contributed by atoms with Gasteiger partial charge >= 0.3 is 0 Å². The van der Waals surface area contributed by atoms with Gasteiger partial charge in [0.25, 0.3) is 0 Å². The number of benzene rings is 2. The Morgan fingerprint density at radius 3 is 2.50 bits per heavy atom. The number of hydrogen-bond acceptors (Lipinski definition) is 3. The zero-order valence-electron chi connectivity index (χ0n) is 11.7. The average molecular weight is 335 g/mol. The highest BCUT2D eigenvalue weighted by molar-refractivity contribution is 9.10. The summed E-state index contributed by atoms with van der Waals surface area (Å²) < 4.78 is 6.48. The van der Waals surface area contributed by atoms with Gasteiger partial charge in [-0.15, -0.1) is 0 Å². The lowest BCUT2D eigenvalue weighted by molar-refractivity contribution is 0.405. The minimum Gasteiger partial charge on any atom is -0.496 e. The van der Waals surface area contributed by atoms with Gasteiger partial charge in [-0.05, 0) is 42.7 Å². The lowest BCUT2D eigenvalue weighted by Gasteiger charge is -2.18. The molecule has 106 valence electrons. The fourth-order valence-corrected chi connectivity index (χ4v) is 2.52. The number of nitrogens with two attached hydrogens (primary N) is 1. The zero-order valence-corrected chi connectivity index (χ0v) is 13.3. The predicted molar refractivity (Wildman–Crippen MR) is 85.6 cm³/mol. The molecule has 0 bridgehead atoms. The highest BCUT2D eigenvalue weighted by atomic mass is 79.9. The van der Waals surface area contributed by atoms with Crippen LogP contribution in [0.15, 0.2) is 46.9 Å². The van der Waals surface area contributed by atoms with Crippen molar-refractivity contribution < 1.29 is 4.74 Å². The highest BCUT2D eigenvalue weighted by Crippen LogP contribution is 2.26. The van der Waals surface area contributed by atoms with Crippen molar-refractivity contribution in [1.29, 1.82) is 0 Å². The van der Waals surface area contributed by atoms with Gasteiger partial charge in [0.05, 0.1) is 13.2 Å². The fraction of sp³-hybridized carbons (Fsp3) is 0.250. The van der Waals surface area contributed by atoms with E-state index in [-0.39, 0.29) is 6.04 Å². The number of aryl methyl sites for hydroxylation is 1. The van der Waals surface area contributed by atoms with Gasteiger partial charge in [-0.3, -0.25) is 11.3 Å². The SMILES string of the molecule is COc1ccc(C)cc1CC(NN)c1ccc(Br)cc1. The molecule has 0 radical (unpaired) electrons. The molecule has 2 aromatic rings. The molecule has 1 unspecified atom stereocenters. The molecule has 1 atom stereocenters. The van der Waals surface area contributed by atoms with Crippen LogP contribution in [0.1, 0.15) is 22.7 Å². The van der Waals surface area contributed by atoms with Crippen molar-refractivity contribution in [2.45, 2.75) is 19.4 Å². The fourth-order valence-electron chi connectivity index (χ4n) is 2.25. The van der Waals surface area contributed by atoms with E-state index >= 15 is 0 Å². The van der Waals surface area contributed by atoms with Gasteiger partial charge in [0.2, 0.25) is 0 Å². The molecule has 0 aliphatic heterocycles. The maximum atomic E-state index is 5.72. The second-order valence-electron chi connectivity index (χ2n) is 4.79. The van der Waals surface area contributed by atoms with Crippen LogP contribution in [0, 0.1) is 6.92 Å². The van der Waals surface area contributed by atoms with E-state index in [9.17, 15) is 0 Å². The van der Waals surface area contributed by atoms with Crippen LogP contribution in [0.25, 0.3) is 0 Å². The van der Waals surface area contributed by atoms with Crippen LogP contribution in [0.4, 0.5) is 0 Å². The number of nitrogens with one attached hydrogen (secondary N) is 1. The smallest absolute Gasteiger partial charge is 0.122 e. The van der Waals surface area contributed by atoms with Crippen LogP contribution >= 0.6 is 15.9 Å². The summed E-state index contributed by atoms with van der Waals surface area (Å²) in [5, 5.41) is 0. The average Bonchev–Trinajstić information content (AvgIpc) is 2.46. The minimum atomic E-state index is 0.0544. The predicted octanol–water partition coefficient (Wildman–Crippen LogP) is 3.51. The third-order valence-corrected chi connectivity index (χ3v) is 3.86.